The minimum atomic E-state index is -0.235. The minimum absolute atomic E-state index is 0.235. The molecule has 0 radical (unpaired) electrons. The number of halogens is 1. The number of carbonyl (C=O) groups is 1. The van der Waals surface area contributed by atoms with Crippen LogP contribution in [0.1, 0.15) is 18.1 Å². The molecule has 1 N–H and O–H groups in total. The SMILES string of the molecule is CCOc1ccc(Br)cc1C=CC(=O)Nc1cc(C)ccc1OC. The first-order valence-electron chi connectivity index (χ1n) is 7.59. The minimum Gasteiger partial charge on any atom is -0.495 e. The number of benzene rings is 2. The van der Waals surface area contributed by atoms with Crippen molar-refractivity contribution in [3.8, 4) is 11.5 Å². The number of aryl methyl sites for hydroxylation is 1. The summed E-state index contributed by atoms with van der Waals surface area (Å²) in [4.78, 5) is 12.2. The molecular formula is C19H20BrNO3. The molecule has 0 spiro atoms. The molecule has 2 aromatic carbocycles. The summed E-state index contributed by atoms with van der Waals surface area (Å²) in [5, 5.41) is 2.84. The first-order valence-corrected chi connectivity index (χ1v) is 8.39. The Bertz CT molecular complexity index is 756. The van der Waals surface area contributed by atoms with E-state index in [4.69, 9.17) is 9.47 Å². The van der Waals surface area contributed by atoms with Crippen LogP contribution in [-0.2, 0) is 4.79 Å². The van der Waals surface area contributed by atoms with Crippen molar-refractivity contribution in [2.24, 2.45) is 0 Å². The quantitative estimate of drug-likeness (QED) is 0.720. The molecule has 2 rings (SSSR count). The van der Waals surface area contributed by atoms with Crippen LogP contribution in [0.3, 0.4) is 0 Å². The van der Waals surface area contributed by atoms with Crippen LogP contribution in [0.4, 0.5) is 5.69 Å². The fourth-order valence-electron chi connectivity index (χ4n) is 2.20. The molecule has 0 atom stereocenters. The van der Waals surface area contributed by atoms with Gasteiger partial charge in [0.1, 0.15) is 11.5 Å². The van der Waals surface area contributed by atoms with Crippen LogP contribution >= 0.6 is 15.9 Å². The molecule has 0 bridgehead atoms. The molecule has 0 aliphatic heterocycles. The maximum atomic E-state index is 12.2. The first kappa shape index (κ1) is 18.1. The molecule has 0 fully saturated rings. The van der Waals surface area contributed by atoms with E-state index >= 15 is 0 Å². The topological polar surface area (TPSA) is 47.6 Å². The molecule has 0 heterocycles. The highest BCUT2D eigenvalue weighted by Gasteiger charge is 2.06. The molecule has 2 aromatic rings. The Morgan fingerprint density at radius 1 is 1.21 bits per heavy atom. The van der Waals surface area contributed by atoms with Gasteiger partial charge >= 0.3 is 0 Å². The second-order valence-electron chi connectivity index (χ2n) is 5.14. The zero-order valence-electron chi connectivity index (χ0n) is 13.9. The summed E-state index contributed by atoms with van der Waals surface area (Å²) < 4.78 is 11.8. The van der Waals surface area contributed by atoms with Gasteiger partial charge in [-0.05, 0) is 55.8 Å². The van der Waals surface area contributed by atoms with Crippen molar-refractivity contribution in [2.45, 2.75) is 13.8 Å². The highest BCUT2D eigenvalue weighted by molar-refractivity contribution is 9.10. The van der Waals surface area contributed by atoms with Gasteiger partial charge in [-0.15, -0.1) is 0 Å². The number of hydrogen-bond donors (Lipinski definition) is 1. The van der Waals surface area contributed by atoms with Gasteiger partial charge in [0.2, 0.25) is 5.91 Å². The summed E-state index contributed by atoms with van der Waals surface area (Å²) in [5.74, 6) is 1.12. The van der Waals surface area contributed by atoms with Crippen molar-refractivity contribution in [2.75, 3.05) is 19.0 Å². The lowest BCUT2D eigenvalue weighted by atomic mass is 10.2. The van der Waals surface area contributed by atoms with Gasteiger partial charge < -0.3 is 14.8 Å². The molecule has 0 saturated carbocycles. The van der Waals surface area contributed by atoms with Crippen molar-refractivity contribution < 1.29 is 14.3 Å². The number of carbonyl (C=O) groups excluding carboxylic acids is 1. The summed E-state index contributed by atoms with van der Waals surface area (Å²) in [6.45, 7) is 4.45. The fraction of sp³-hybridized carbons (Fsp3) is 0.211. The fourth-order valence-corrected chi connectivity index (χ4v) is 2.57. The molecule has 4 nitrogen and oxygen atoms in total. The first-order chi connectivity index (χ1) is 11.5. The maximum Gasteiger partial charge on any atom is 0.248 e. The van der Waals surface area contributed by atoms with Crippen LogP contribution in [0.5, 0.6) is 11.5 Å². The van der Waals surface area contributed by atoms with Gasteiger partial charge in [0.05, 0.1) is 19.4 Å². The lowest BCUT2D eigenvalue weighted by molar-refractivity contribution is -0.111. The Kier molecular flexibility index (Phi) is 6.44. The molecular weight excluding hydrogens is 370 g/mol. The Labute approximate surface area is 150 Å². The molecule has 126 valence electrons. The lowest BCUT2D eigenvalue weighted by Gasteiger charge is -2.10. The summed E-state index contributed by atoms with van der Waals surface area (Å²) in [5.41, 5.74) is 2.52. The van der Waals surface area contributed by atoms with Gasteiger partial charge in [0.25, 0.3) is 0 Å². The monoisotopic (exact) mass is 389 g/mol. The van der Waals surface area contributed by atoms with Gasteiger partial charge in [-0.2, -0.15) is 0 Å². The third-order valence-electron chi connectivity index (χ3n) is 3.30. The maximum absolute atomic E-state index is 12.2. The van der Waals surface area contributed by atoms with E-state index in [-0.39, 0.29) is 5.91 Å². The Morgan fingerprint density at radius 2 is 1.96 bits per heavy atom. The van der Waals surface area contributed by atoms with Crippen LogP contribution in [0.15, 0.2) is 46.9 Å². The normalized spacial score (nSPS) is 10.7. The van der Waals surface area contributed by atoms with E-state index in [2.05, 4.69) is 21.2 Å². The van der Waals surface area contributed by atoms with Crippen molar-refractivity contribution in [3.63, 3.8) is 0 Å². The third kappa shape index (κ3) is 4.86. The summed E-state index contributed by atoms with van der Waals surface area (Å²) in [7, 11) is 1.58. The van der Waals surface area contributed by atoms with E-state index in [1.165, 1.54) is 6.08 Å². The van der Waals surface area contributed by atoms with E-state index in [1.807, 2.05) is 50.2 Å². The van der Waals surface area contributed by atoms with Gasteiger partial charge in [-0.1, -0.05) is 22.0 Å². The molecule has 0 unspecified atom stereocenters. The van der Waals surface area contributed by atoms with E-state index < -0.39 is 0 Å². The van der Waals surface area contributed by atoms with Crippen LogP contribution in [-0.4, -0.2) is 19.6 Å². The summed E-state index contributed by atoms with van der Waals surface area (Å²) >= 11 is 3.43. The number of ether oxygens (including phenoxy) is 2. The van der Waals surface area contributed by atoms with E-state index in [9.17, 15) is 4.79 Å². The second-order valence-corrected chi connectivity index (χ2v) is 6.06. The Hall–Kier alpha value is -2.27. The molecule has 0 aliphatic carbocycles. The number of nitrogens with one attached hydrogen (secondary N) is 1. The van der Waals surface area contributed by atoms with Gasteiger partial charge in [0.15, 0.2) is 0 Å². The van der Waals surface area contributed by atoms with Crippen LogP contribution in [0, 0.1) is 6.92 Å². The van der Waals surface area contributed by atoms with Crippen molar-refractivity contribution in [3.05, 3.63) is 58.1 Å². The molecule has 1 amide bonds. The van der Waals surface area contributed by atoms with Crippen molar-refractivity contribution in [1.82, 2.24) is 0 Å². The molecule has 0 saturated heterocycles. The zero-order valence-corrected chi connectivity index (χ0v) is 15.5. The van der Waals surface area contributed by atoms with Crippen LogP contribution in [0.2, 0.25) is 0 Å². The number of amides is 1. The number of rotatable bonds is 6. The van der Waals surface area contributed by atoms with Gasteiger partial charge in [-0.3, -0.25) is 4.79 Å². The summed E-state index contributed by atoms with van der Waals surface area (Å²) in [6, 6.07) is 11.3. The Balaban J connectivity index is 2.17. The molecule has 24 heavy (non-hydrogen) atoms. The van der Waals surface area contributed by atoms with E-state index in [1.54, 1.807) is 13.2 Å². The number of methoxy groups -OCH3 is 1. The average molecular weight is 390 g/mol. The molecule has 5 heteroatoms. The van der Waals surface area contributed by atoms with Crippen LogP contribution in [0.25, 0.3) is 6.08 Å². The lowest BCUT2D eigenvalue weighted by Crippen LogP contribution is -2.09. The predicted molar refractivity (Wildman–Crippen MR) is 101 cm³/mol. The standard InChI is InChI=1S/C19H20BrNO3/c1-4-24-17-9-7-15(20)12-14(17)6-10-19(22)21-16-11-13(2)5-8-18(16)23-3/h5-12H,4H2,1-3H3,(H,21,22). The van der Waals surface area contributed by atoms with E-state index in [0.29, 0.717) is 18.0 Å². The van der Waals surface area contributed by atoms with Gasteiger partial charge in [0, 0.05) is 16.1 Å². The highest BCUT2D eigenvalue weighted by Crippen LogP contribution is 2.26. The highest BCUT2D eigenvalue weighted by atomic mass is 79.9. The second kappa shape index (κ2) is 8.55. The summed E-state index contributed by atoms with van der Waals surface area (Å²) in [6.07, 6.45) is 3.21. The Morgan fingerprint density at radius 3 is 2.67 bits per heavy atom. The van der Waals surface area contributed by atoms with Crippen LogP contribution < -0.4 is 14.8 Å². The van der Waals surface area contributed by atoms with E-state index in [0.717, 1.165) is 21.3 Å². The molecule has 0 aromatic heterocycles. The van der Waals surface area contributed by atoms with Crippen molar-refractivity contribution in [1.29, 1.82) is 0 Å². The van der Waals surface area contributed by atoms with Crippen molar-refractivity contribution >= 4 is 33.6 Å². The number of hydrogen-bond acceptors (Lipinski definition) is 3. The largest absolute Gasteiger partial charge is 0.495 e. The number of anilines is 1. The van der Waals surface area contributed by atoms with Gasteiger partial charge in [-0.25, -0.2) is 0 Å². The third-order valence-corrected chi connectivity index (χ3v) is 3.79. The zero-order chi connectivity index (χ0) is 17.5. The smallest absolute Gasteiger partial charge is 0.248 e. The molecule has 0 aliphatic rings. The predicted octanol–water partition coefficient (Wildman–Crippen LogP) is 4.82. The average Bonchev–Trinajstić information content (AvgIpc) is 2.55.